The van der Waals surface area contributed by atoms with E-state index >= 15 is 0 Å². The van der Waals surface area contributed by atoms with E-state index in [1.807, 2.05) is 24.3 Å². The van der Waals surface area contributed by atoms with Gasteiger partial charge in [-0.2, -0.15) is 0 Å². The monoisotopic (exact) mass is 275 g/mol. The van der Waals surface area contributed by atoms with Gasteiger partial charge in [0.2, 0.25) is 0 Å². The second-order valence-electron chi connectivity index (χ2n) is 4.36. The molecule has 0 amide bonds. The molecule has 0 bridgehead atoms. The third-order valence-corrected chi connectivity index (χ3v) is 2.76. The molecule has 0 radical (unpaired) electrons. The highest BCUT2D eigenvalue weighted by molar-refractivity contribution is 5.28. The van der Waals surface area contributed by atoms with Crippen molar-refractivity contribution in [3.8, 4) is 11.5 Å². The van der Waals surface area contributed by atoms with Crippen LogP contribution in [0.1, 0.15) is 12.0 Å². The average Bonchev–Trinajstić information content (AvgIpc) is 2.47. The van der Waals surface area contributed by atoms with E-state index in [0.717, 1.165) is 17.7 Å². The van der Waals surface area contributed by atoms with Crippen LogP contribution >= 0.6 is 0 Å². The maximum absolute atomic E-state index is 12.9. The molecule has 0 spiro atoms. The van der Waals surface area contributed by atoms with Gasteiger partial charge in [-0.1, -0.05) is 18.2 Å². The molecule has 0 aliphatic carbocycles. The Labute approximate surface area is 118 Å². The Morgan fingerprint density at radius 3 is 2.20 bits per heavy atom. The first-order valence-electron chi connectivity index (χ1n) is 6.58. The van der Waals surface area contributed by atoms with Crippen molar-refractivity contribution < 1.29 is 13.9 Å². The number of nitrogens with two attached hydrogens (primary N) is 1. The first kappa shape index (κ1) is 14.3. The fourth-order valence-corrected chi connectivity index (χ4v) is 1.76. The van der Waals surface area contributed by atoms with Crippen LogP contribution in [0.2, 0.25) is 0 Å². The molecule has 0 heterocycles. The summed E-state index contributed by atoms with van der Waals surface area (Å²) in [6.07, 6.45) is 0.726. The SMILES string of the molecule is NCc1cccc(OCCCOc2cccc(F)c2)c1. The quantitative estimate of drug-likeness (QED) is 0.790. The van der Waals surface area contributed by atoms with Crippen molar-refractivity contribution in [2.45, 2.75) is 13.0 Å². The molecule has 0 fully saturated rings. The van der Waals surface area contributed by atoms with Crippen LogP contribution in [0.4, 0.5) is 4.39 Å². The fourth-order valence-electron chi connectivity index (χ4n) is 1.76. The Hall–Kier alpha value is -2.07. The second kappa shape index (κ2) is 7.50. The smallest absolute Gasteiger partial charge is 0.126 e. The summed E-state index contributed by atoms with van der Waals surface area (Å²) in [5, 5.41) is 0. The minimum absolute atomic E-state index is 0.294. The Bertz CT molecular complexity index is 546. The normalized spacial score (nSPS) is 10.3. The minimum atomic E-state index is -0.294. The maximum atomic E-state index is 12.9. The van der Waals surface area contributed by atoms with Crippen molar-refractivity contribution in [2.24, 2.45) is 5.73 Å². The highest BCUT2D eigenvalue weighted by Gasteiger charge is 1.98. The molecule has 3 nitrogen and oxygen atoms in total. The van der Waals surface area contributed by atoms with Crippen molar-refractivity contribution in [1.29, 1.82) is 0 Å². The lowest BCUT2D eigenvalue weighted by molar-refractivity contribution is 0.247. The molecule has 106 valence electrons. The molecule has 0 aliphatic heterocycles. The largest absolute Gasteiger partial charge is 0.493 e. The maximum Gasteiger partial charge on any atom is 0.126 e. The summed E-state index contributed by atoms with van der Waals surface area (Å²) in [5.74, 6) is 1.05. The second-order valence-corrected chi connectivity index (χ2v) is 4.36. The Morgan fingerprint density at radius 2 is 1.55 bits per heavy atom. The molecule has 4 heteroatoms. The van der Waals surface area contributed by atoms with Gasteiger partial charge >= 0.3 is 0 Å². The van der Waals surface area contributed by atoms with E-state index in [2.05, 4.69) is 0 Å². The van der Waals surface area contributed by atoms with Crippen LogP contribution < -0.4 is 15.2 Å². The van der Waals surface area contributed by atoms with E-state index < -0.39 is 0 Å². The third kappa shape index (κ3) is 4.55. The molecule has 0 unspecified atom stereocenters. The number of hydrogen-bond acceptors (Lipinski definition) is 3. The predicted molar refractivity (Wildman–Crippen MR) is 76.3 cm³/mol. The van der Waals surface area contributed by atoms with Crippen LogP contribution in [-0.2, 0) is 6.54 Å². The van der Waals surface area contributed by atoms with Crippen molar-refractivity contribution in [2.75, 3.05) is 13.2 Å². The molecule has 0 saturated carbocycles. The molecular formula is C16H18FNO2. The molecule has 2 rings (SSSR count). The lowest BCUT2D eigenvalue weighted by Crippen LogP contribution is -2.05. The number of halogens is 1. The standard InChI is InChI=1S/C16H18FNO2/c17-14-5-2-7-16(11-14)20-9-3-8-19-15-6-1-4-13(10-15)12-18/h1-2,4-7,10-11H,3,8-9,12,18H2. The van der Waals surface area contributed by atoms with Crippen LogP contribution in [0.15, 0.2) is 48.5 Å². The lowest BCUT2D eigenvalue weighted by Gasteiger charge is -2.08. The Balaban J connectivity index is 1.68. The number of hydrogen-bond donors (Lipinski definition) is 1. The zero-order chi connectivity index (χ0) is 14.2. The van der Waals surface area contributed by atoms with Gasteiger partial charge in [0.1, 0.15) is 17.3 Å². The molecular weight excluding hydrogens is 257 g/mol. The van der Waals surface area contributed by atoms with Gasteiger partial charge < -0.3 is 15.2 Å². The molecule has 0 aromatic heterocycles. The molecule has 2 aromatic carbocycles. The van der Waals surface area contributed by atoms with Crippen LogP contribution in [0.3, 0.4) is 0 Å². The summed E-state index contributed by atoms with van der Waals surface area (Å²) in [6.45, 7) is 1.53. The van der Waals surface area contributed by atoms with Crippen LogP contribution in [0.5, 0.6) is 11.5 Å². The van der Waals surface area contributed by atoms with Crippen molar-refractivity contribution in [1.82, 2.24) is 0 Å². The zero-order valence-corrected chi connectivity index (χ0v) is 11.2. The highest BCUT2D eigenvalue weighted by atomic mass is 19.1. The molecule has 0 atom stereocenters. The molecule has 2 N–H and O–H groups in total. The first-order chi connectivity index (χ1) is 9.78. The van der Waals surface area contributed by atoms with E-state index in [1.54, 1.807) is 12.1 Å². The van der Waals surface area contributed by atoms with Gasteiger partial charge in [0.15, 0.2) is 0 Å². The number of rotatable bonds is 7. The van der Waals surface area contributed by atoms with Gasteiger partial charge in [-0.15, -0.1) is 0 Å². The molecule has 2 aromatic rings. The lowest BCUT2D eigenvalue weighted by atomic mass is 10.2. The van der Waals surface area contributed by atoms with Crippen molar-refractivity contribution >= 4 is 0 Å². The summed E-state index contributed by atoms with van der Waals surface area (Å²) >= 11 is 0. The Kier molecular flexibility index (Phi) is 5.38. The summed E-state index contributed by atoms with van der Waals surface area (Å²) in [5.41, 5.74) is 6.61. The van der Waals surface area contributed by atoms with Crippen LogP contribution in [0, 0.1) is 5.82 Å². The van der Waals surface area contributed by atoms with Gasteiger partial charge in [-0.3, -0.25) is 0 Å². The highest BCUT2D eigenvalue weighted by Crippen LogP contribution is 2.14. The summed E-state index contributed by atoms with van der Waals surface area (Å²) < 4.78 is 24.0. The van der Waals surface area contributed by atoms with Crippen LogP contribution in [-0.4, -0.2) is 13.2 Å². The van der Waals surface area contributed by atoms with Crippen molar-refractivity contribution in [3.05, 3.63) is 59.9 Å². The summed E-state index contributed by atoms with van der Waals surface area (Å²) in [6, 6.07) is 13.8. The van der Waals surface area contributed by atoms with Gasteiger partial charge in [-0.25, -0.2) is 4.39 Å². The molecule has 0 aliphatic rings. The van der Waals surface area contributed by atoms with E-state index in [1.165, 1.54) is 12.1 Å². The summed E-state index contributed by atoms with van der Waals surface area (Å²) in [4.78, 5) is 0. The number of benzene rings is 2. The Morgan fingerprint density at radius 1 is 0.900 bits per heavy atom. The number of ether oxygens (including phenoxy) is 2. The van der Waals surface area contributed by atoms with Gasteiger partial charge in [0, 0.05) is 19.0 Å². The molecule has 20 heavy (non-hydrogen) atoms. The fraction of sp³-hybridized carbons (Fsp3) is 0.250. The van der Waals surface area contributed by atoms with Crippen LogP contribution in [0.25, 0.3) is 0 Å². The van der Waals surface area contributed by atoms with E-state index in [4.69, 9.17) is 15.2 Å². The van der Waals surface area contributed by atoms with E-state index in [-0.39, 0.29) is 5.82 Å². The van der Waals surface area contributed by atoms with Crippen molar-refractivity contribution in [3.63, 3.8) is 0 Å². The predicted octanol–water partition coefficient (Wildman–Crippen LogP) is 3.13. The summed E-state index contributed by atoms with van der Waals surface area (Å²) in [7, 11) is 0. The molecule has 0 saturated heterocycles. The zero-order valence-electron chi connectivity index (χ0n) is 11.2. The first-order valence-corrected chi connectivity index (χ1v) is 6.58. The van der Waals surface area contributed by atoms with E-state index in [9.17, 15) is 4.39 Å². The van der Waals surface area contributed by atoms with Gasteiger partial charge in [-0.05, 0) is 29.8 Å². The topological polar surface area (TPSA) is 44.5 Å². The average molecular weight is 275 g/mol. The minimum Gasteiger partial charge on any atom is -0.493 e. The van der Waals surface area contributed by atoms with E-state index in [0.29, 0.717) is 25.5 Å². The van der Waals surface area contributed by atoms with Gasteiger partial charge in [0.05, 0.1) is 13.2 Å². The van der Waals surface area contributed by atoms with Gasteiger partial charge in [0.25, 0.3) is 0 Å². The third-order valence-electron chi connectivity index (χ3n) is 2.76.